The van der Waals surface area contributed by atoms with Crippen molar-refractivity contribution in [2.75, 3.05) is 84.8 Å². The smallest absolute Gasteiger partial charge is 0.330 e. The maximum Gasteiger partial charge on any atom is 0.330 e. The van der Waals surface area contributed by atoms with Gasteiger partial charge in [-0.1, -0.05) is 27.0 Å². The number of nitrogens with zero attached hydrogens (tertiary/aromatic N) is 3. The number of Topliss-reactive ketones (excluding diaryl/α,β-unsaturated/α-hetero) is 1. The lowest BCUT2D eigenvalue weighted by atomic mass is 9.83. The lowest BCUT2D eigenvalue weighted by molar-refractivity contribution is -0.155. The first-order valence-corrected chi connectivity index (χ1v) is 18.2. The van der Waals surface area contributed by atoms with E-state index in [0.29, 0.717) is 6.54 Å². The Labute approximate surface area is 310 Å². The van der Waals surface area contributed by atoms with Crippen LogP contribution in [0.2, 0.25) is 0 Å². The van der Waals surface area contributed by atoms with Crippen LogP contribution >= 0.6 is 0 Å². The van der Waals surface area contributed by atoms with Gasteiger partial charge in [0, 0.05) is 56.1 Å². The van der Waals surface area contributed by atoms with Crippen molar-refractivity contribution in [2.45, 2.75) is 83.8 Å². The lowest BCUT2D eigenvalue weighted by Crippen LogP contribution is -2.50. The molecule has 292 valence electrons. The van der Waals surface area contributed by atoms with Crippen molar-refractivity contribution in [2.24, 2.45) is 0 Å². The number of carbonyl (C=O) groups is 4. The van der Waals surface area contributed by atoms with Gasteiger partial charge in [-0.25, -0.2) is 9.59 Å². The Morgan fingerprint density at radius 2 is 1.37 bits per heavy atom. The summed E-state index contributed by atoms with van der Waals surface area (Å²) < 4.78 is 33.2. The van der Waals surface area contributed by atoms with Crippen LogP contribution in [0.15, 0.2) is 49.6 Å². The number of anilines is 1. The van der Waals surface area contributed by atoms with Crippen molar-refractivity contribution < 1.29 is 47.6 Å². The van der Waals surface area contributed by atoms with Gasteiger partial charge >= 0.3 is 17.9 Å². The first kappa shape index (κ1) is 44.5. The molecule has 1 aliphatic heterocycles. The van der Waals surface area contributed by atoms with E-state index in [0.717, 1.165) is 62.4 Å². The minimum atomic E-state index is -0.553. The van der Waals surface area contributed by atoms with Crippen molar-refractivity contribution in [1.82, 2.24) is 9.80 Å². The molecule has 0 bridgehead atoms. The average Bonchev–Trinajstić information content (AvgIpc) is 3.14. The third-order valence-electron chi connectivity index (χ3n) is 9.18. The van der Waals surface area contributed by atoms with E-state index in [1.165, 1.54) is 0 Å². The van der Waals surface area contributed by atoms with Gasteiger partial charge < -0.3 is 33.3 Å². The van der Waals surface area contributed by atoms with Gasteiger partial charge in [0.25, 0.3) is 0 Å². The number of ether oxygens (including phenoxy) is 6. The Morgan fingerprint density at radius 1 is 0.788 bits per heavy atom. The third kappa shape index (κ3) is 14.8. The summed E-state index contributed by atoms with van der Waals surface area (Å²) >= 11 is 0. The van der Waals surface area contributed by atoms with E-state index in [1.807, 2.05) is 43.3 Å². The molecular formula is C39H61N3O10. The Kier molecular flexibility index (Phi) is 19.8. The van der Waals surface area contributed by atoms with Crippen LogP contribution in [-0.4, -0.2) is 143 Å². The van der Waals surface area contributed by atoms with Crippen molar-refractivity contribution in [3.63, 3.8) is 0 Å². The number of benzene rings is 1. The fourth-order valence-electron chi connectivity index (χ4n) is 5.92. The molecule has 2 rings (SSSR count). The average molecular weight is 732 g/mol. The maximum absolute atomic E-state index is 13.4. The van der Waals surface area contributed by atoms with Crippen LogP contribution in [0.3, 0.4) is 0 Å². The van der Waals surface area contributed by atoms with Crippen LogP contribution in [0.1, 0.15) is 64.2 Å². The molecule has 1 saturated heterocycles. The molecule has 0 radical (unpaired) electrons. The summed E-state index contributed by atoms with van der Waals surface area (Å²) in [5.41, 5.74) is 1.32. The molecule has 1 fully saturated rings. The summed E-state index contributed by atoms with van der Waals surface area (Å²) in [4.78, 5) is 55.5. The van der Waals surface area contributed by atoms with Gasteiger partial charge in [0.05, 0.1) is 44.5 Å². The Morgan fingerprint density at radius 3 is 1.90 bits per heavy atom. The number of hydrogen-bond donors (Lipinski definition) is 0. The minimum absolute atomic E-state index is 0.0761. The molecule has 0 saturated carbocycles. The highest BCUT2D eigenvalue weighted by atomic mass is 16.6. The highest BCUT2D eigenvalue weighted by Crippen LogP contribution is 2.28. The van der Waals surface area contributed by atoms with Crippen molar-refractivity contribution in [3.05, 3.63) is 55.1 Å². The number of hydrogen-bond acceptors (Lipinski definition) is 13. The predicted molar refractivity (Wildman–Crippen MR) is 199 cm³/mol. The van der Waals surface area contributed by atoms with Gasteiger partial charge in [0.1, 0.15) is 24.9 Å². The number of esters is 3. The summed E-state index contributed by atoms with van der Waals surface area (Å²) in [6.45, 7) is 20.5. The number of ketones is 1. The second-order valence-corrected chi connectivity index (χ2v) is 13.3. The molecule has 0 amide bonds. The highest BCUT2D eigenvalue weighted by Gasteiger charge is 2.37. The van der Waals surface area contributed by atoms with Crippen LogP contribution < -0.4 is 4.90 Å². The van der Waals surface area contributed by atoms with Crippen LogP contribution in [0.4, 0.5) is 5.69 Å². The van der Waals surface area contributed by atoms with Crippen LogP contribution in [-0.2, 0) is 42.8 Å². The van der Waals surface area contributed by atoms with E-state index >= 15 is 0 Å². The predicted octanol–water partition coefficient (Wildman–Crippen LogP) is 4.09. The zero-order valence-electron chi connectivity index (χ0n) is 32.3. The second kappa shape index (κ2) is 23.1. The molecule has 1 aromatic carbocycles. The van der Waals surface area contributed by atoms with Gasteiger partial charge in [-0.3, -0.25) is 19.4 Å². The molecule has 0 aromatic heterocycles. The van der Waals surface area contributed by atoms with Crippen LogP contribution in [0.5, 0.6) is 0 Å². The zero-order chi connectivity index (χ0) is 38.7. The van der Waals surface area contributed by atoms with E-state index in [4.69, 9.17) is 28.4 Å². The summed E-state index contributed by atoms with van der Waals surface area (Å²) in [7, 11) is 3.93. The van der Waals surface area contributed by atoms with Crippen molar-refractivity contribution in [3.8, 4) is 0 Å². The molecule has 0 aliphatic carbocycles. The van der Waals surface area contributed by atoms with Crippen LogP contribution in [0.25, 0.3) is 0 Å². The monoisotopic (exact) mass is 731 g/mol. The number of carbonyl (C=O) groups excluding carboxylic acids is 4. The van der Waals surface area contributed by atoms with E-state index in [1.54, 1.807) is 20.8 Å². The highest BCUT2D eigenvalue weighted by molar-refractivity contribution is 6.03. The van der Waals surface area contributed by atoms with E-state index in [9.17, 15) is 19.2 Å². The quantitative estimate of drug-likeness (QED) is 0.0620. The maximum atomic E-state index is 13.4. The first-order chi connectivity index (χ1) is 24.8. The summed E-state index contributed by atoms with van der Waals surface area (Å²) in [5, 5.41) is 0. The Bertz CT molecular complexity index is 1280. The summed E-state index contributed by atoms with van der Waals surface area (Å²) in [5.74, 6) is -1.24. The SMILES string of the molecule is C=CC(=O)OC(C)COCC(COC(C)COC(=O)CCN1CCN(c2ccc(C(=O)C(CC)(CC)N(C)C)cc2)CC1)OCC(C)OC(=O)C=C. The van der Waals surface area contributed by atoms with Gasteiger partial charge in [-0.2, -0.15) is 0 Å². The number of likely N-dealkylation sites (N-methyl/N-ethyl adjacent to an activating group) is 1. The normalized spacial score (nSPS) is 16.0. The largest absolute Gasteiger partial charge is 0.463 e. The van der Waals surface area contributed by atoms with Gasteiger partial charge in [0.2, 0.25) is 0 Å². The molecule has 0 N–H and O–H groups in total. The molecule has 13 nitrogen and oxygen atoms in total. The topological polar surface area (TPSA) is 133 Å². The molecule has 1 aromatic rings. The molecule has 1 aliphatic rings. The molecule has 4 atom stereocenters. The zero-order valence-corrected chi connectivity index (χ0v) is 32.3. The fourth-order valence-corrected chi connectivity index (χ4v) is 5.92. The molecule has 4 unspecified atom stereocenters. The van der Waals surface area contributed by atoms with Gasteiger partial charge in [-0.05, 0) is 72.0 Å². The lowest BCUT2D eigenvalue weighted by Gasteiger charge is -2.37. The molecule has 0 spiro atoms. The van der Waals surface area contributed by atoms with Crippen LogP contribution in [0, 0.1) is 0 Å². The van der Waals surface area contributed by atoms with Crippen molar-refractivity contribution >= 4 is 29.4 Å². The molecule has 52 heavy (non-hydrogen) atoms. The summed E-state index contributed by atoms with van der Waals surface area (Å²) in [6.07, 6.45) is 1.97. The van der Waals surface area contributed by atoms with Gasteiger partial charge in [0.15, 0.2) is 5.78 Å². The first-order valence-electron chi connectivity index (χ1n) is 18.2. The minimum Gasteiger partial charge on any atom is -0.463 e. The number of rotatable bonds is 25. The Balaban J connectivity index is 1.76. The van der Waals surface area contributed by atoms with E-state index < -0.39 is 41.9 Å². The number of piperazine rings is 1. The standard InChI is InChI=1S/C39H61N3O10/c1-10-35(43)51-30(6)24-47-27-34(49-26-31(7)52-36(44)11-2)28-48-29(5)25-50-37(45)18-19-41-20-22-42(23-21-41)33-16-14-32(15-17-33)38(46)39(12-3,13-4)40(8)9/h10-11,14-17,29-31,34H,1-2,12-13,18-28H2,3-9H3. The third-order valence-corrected chi connectivity index (χ3v) is 9.18. The van der Waals surface area contributed by atoms with Crippen molar-refractivity contribution in [1.29, 1.82) is 0 Å². The van der Waals surface area contributed by atoms with E-state index in [2.05, 4.69) is 36.8 Å². The molecule has 13 heteroatoms. The summed E-state index contributed by atoms with van der Waals surface area (Å²) in [6, 6.07) is 7.93. The fraction of sp³-hybridized carbons (Fsp3) is 0.641. The van der Waals surface area contributed by atoms with Gasteiger partial charge in [-0.15, -0.1) is 0 Å². The Hall–Kier alpha value is -3.62. The molecule has 1 heterocycles. The van der Waals surface area contributed by atoms with E-state index in [-0.39, 0.29) is 51.2 Å². The molecular weight excluding hydrogens is 670 g/mol. The second-order valence-electron chi connectivity index (χ2n) is 13.3.